The molecule has 0 aromatic carbocycles. The van der Waals surface area contributed by atoms with Crippen LogP contribution in [0.3, 0.4) is 0 Å². The molecule has 0 bridgehead atoms. The smallest absolute Gasteiger partial charge is 0.151 e. The van der Waals surface area contributed by atoms with Gasteiger partial charge in [-0.3, -0.25) is 0 Å². The van der Waals surface area contributed by atoms with E-state index in [-0.39, 0.29) is 6.04 Å². The third kappa shape index (κ3) is 4.43. The number of allylic oxidation sites excluding steroid dienone is 1. The summed E-state index contributed by atoms with van der Waals surface area (Å²) in [6, 6.07) is 0.193. The van der Waals surface area contributed by atoms with E-state index in [0.717, 1.165) is 25.8 Å². The molecule has 98 valence electrons. The molecule has 1 aliphatic carbocycles. The minimum absolute atomic E-state index is 0.193. The largest absolute Gasteiger partial charge is 0.313 e. The maximum Gasteiger partial charge on any atom is 0.151 e. The Morgan fingerprint density at radius 1 is 1.29 bits per heavy atom. The molecule has 0 aromatic rings. The minimum Gasteiger partial charge on any atom is -0.313 e. The lowest BCUT2D eigenvalue weighted by Crippen LogP contribution is -2.40. The molecule has 17 heavy (non-hydrogen) atoms. The van der Waals surface area contributed by atoms with Crippen LogP contribution in [0.2, 0.25) is 0 Å². The highest BCUT2D eigenvalue weighted by atomic mass is 32.2. The van der Waals surface area contributed by atoms with Gasteiger partial charge in [0.2, 0.25) is 0 Å². The van der Waals surface area contributed by atoms with E-state index in [2.05, 4.69) is 11.4 Å². The predicted molar refractivity (Wildman–Crippen MR) is 70.8 cm³/mol. The van der Waals surface area contributed by atoms with Crippen LogP contribution in [-0.2, 0) is 9.84 Å². The summed E-state index contributed by atoms with van der Waals surface area (Å²) in [5.41, 5.74) is 1.56. The molecule has 1 heterocycles. The third-order valence-corrected chi connectivity index (χ3v) is 5.55. The Labute approximate surface area is 105 Å². The Morgan fingerprint density at radius 3 is 2.88 bits per heavy atom. The van der Waals surface area contributed by atoms with Crippen LogP contribution in [0.4, 0.5) is 0 Å². The van der Waals surface area contributed by atoms with Crippen molar-refractivity contribution in [1.29, 1.82) is 0 Å². The summed E-state index contributed by atoms with van der Waals surface area (Å²) >= 11 is 0. The minimum atomic E-state index is -2.76. The second kappa shape index (κ2) is 6.01. The number of sulfone groups is 1. The molecule has 1 fully saturated rings. The van der Waals surface area contributed by atoms with E-state index in [1.165, 1.54) is 25.7 Å². The third-order valence-electron chi connectivity index (χ3n) is 3.73. The van der Waals surface area contributed by atoms with Crippen LogP contribution in [0.25, 0.3) is 0 Å². The molecule has 0 radical (unpaired) electrons. The standard InChI is InChI=1S/C13H23NO2S/c15-17(16)10-4-7-13(11-17)14-9-8-12-5-2-1-3-6-12/h5,13-14H,1-4,6-11H2. The first kappa shape index (κ1) is 13.1. The molecule has 0 saturated carbocycles. The number of nitrogens with one attached hydrogen (secondary N) is 1. The molecular weight excluding hydrogens is 234 g/mol. The second-order valence-corrected chi connectivity index (χ2v) is 7.49. The Balaban J connectivity index is 1.69. The average molecular weight is 257 g/mol. The SMILES string of the molecule is O=S1(=O)CCCC(NCCC2=CCCCC2)C1. The first-order valence-electron chi connectivity index (χ1n) is 6.77. The number of rotatable bonds is 4. The first-order valence-corrected chi connectivity index (χ1v) is 8.59. The van der Waals surface area contributed by atoms with Crippen LogP contribution in [-0.4, -0.2) is 32.5 Å². The van der Waals surface area contributed by atoms with Crippen molar-refractivity contribution in [1.82, 2.24) is 5.32 Å². The van der Waals surface area contributed by atoms with Gasteiger partial charge >= 0.3 is 0 Å². The van der Waals surface area contributed by atoms with Crippen molar-refractivity contribution in [2.24, 2.45) is 0 Å². The van der Waals surface area contributed by atoms with Crippen LogP contribution in [0.1, 0.15) is 44.9 Å². The van der Waals surface area contributed by atoms with Crippen molar-refractivity contribution >= 4 is 9.84 Å². The zero-order valence-corrected chi connectivity index (χ0v) is 11.3. The highest BCUT2D eigenvalue weighted by Crippen LogP contribution is 2.19. The summed E-state index contributed by atoms with van der Waals surface area (Å²) in [5, 5.41) is 3.40. The van der Waals surface area contributed by atoms with E-state index in [1.54, 1.807) is 5.57 Å². The summed E-state index contributed by atoms with van der Waals surface area (Å²) < 4.78 is 22.9. The van der Waals surface area contributed by atoms with Crippen LogP contribution in [0.15, 0.2) is 11.6 Å². The molecule has 0 spiro atoms. The van der Waals surface area contributed by atoms with Gasteiger partial charge in [0.25, 0.3) is 0 Å². The fraction of sp³-hybridized carbons (Fsp3) is 0.846. The lowest BCUT2D eigenvalue weighted by Gasteiger charge is -2.23. The van der Waals surface area contributed by atoms with Crippen molar-refractivity contribution < 1.29 is 8.42 Å². The van der Waals surface area contributed by atoms with Crippen LogP contribution in [0.5, 0.6) is 0 Å². The van der Waals surface area contributed by atoms with Gasteiger partial charge in [-0.15, -0.1) is 0 Å². The van der Waals surface area contributed by atoms with Crippen molar-refractivity contribution in [3.8, 4) is 0 Å². The molecule has 3 nitrogen and oxygen atoms in total. The van der Waals surface area contributed by atoms with Crippen molar-refractivity contribution in [2.45, 2.75) is 51.0 Å². The van der Waals surface area contributed by atoms with Gasteiger partial charge < -0.3 is 5.32 Å². The highest BCUT2D eigenvalue weighted by molar-refractivity contribution is 7.91. The summed E-state index contributed by atoms with van der Waals surface area (Å²) in [4.78, 5) is 0. The molecule has 0 aromatic heterocycles. The van der Waals surface area contributed by atoms with Crippen molar-refractivity contribution in [3.63, 3.8) is 0 Å². The van der Waals surface area contributed by atoms with Gasteiger partial charge in [0.1, 0.15) is 0 Å². The summed E-state index contributed by atoms with van der Waals surface area (Å²) in [5.74, 6) is 0.725. The molecule has 1 atom stereocenters. The quantitative estimate of drug-likeness (QED) is 0.784. The van der Waals surface area contributed by atoms with Gasteiger partial charge in [-0.05, 0) is 51.5 Å². The van der Waals surface area contributed by atoms with Crippen LogP contribution >= 0.6 is 0 Å². The van der Waals surface area contributed by atoms with E-state index < -0.39 is 9.84 Å². The Morgan fingerprint density at radius 2 is 2.18 bits per heavy atom. The fourth-order valence-corrected chi connectivity index (χ4v) is 4.42. The normalized spacial score (nSPS) is 28.7. The van der Waals surface area contributed by atoms with Gasteiger partial charge in [-0.25, -0.2) is 8.42 Å². The summed E-state index contributed by atoms with van der Waals surface area (Å²) in [7, 11) is -2.76. The second-order valence-electron chi connectivity index (χ2n) is 5.27. The molecular formula is C13H23NO2S. The molecule has 0 amide bonds. The molecule has 1 N–H and O–H groups in total. The van der Waals surface area contributed by atoms with Crippen molar-refractivity contribution in [2.75, 3.05) is 18.1 Å². The lowest BCUT2D eigenvalue weighted by molar-refractivity contribution is 0.480. The monoisotopic (exact) mass is 257 g/mol. The van der Waals surface area contributed by atoms with E-state index in [9.17, 15) is 8.42 Å². The van der Waals surface area contributed by atoms with E-state index in [4.69, 9.17) is 0 Å². The number of hydrogen-bond acceptors (Lipinski definition) is 3. The first-order chi connectivity index (χ1) is 8.16. The molecule has 1 unspecified atom stereocenters. The number of hydrogen-bond donors (Lipinski definition) is 1. The fourth-order valence-electron chi connectivity index (χ4n) is 2.75. The van der Waals surface area contributed by atoms with Gasteiger partial charge in [0, 0.05) is 6.04 Å². The predicted octanol–water partition coefficient (Wildman–Crippen LogP) is 2.04. The zero-order valence-electron chi connectivity index (χ0n) is 10.5. The zero-order chi connectivity index (χ0) is 12.1. The van der Waals surface area contributed by atoms with E-state index in [0.29, 0.717) is 11.5 Å². The van der Waals surface area contributed by atoms with Gasteiger partial charge in [-0.2, -0.15) is 0 Å². The van der Waals surface area contributed by atoms with Crippen LogP contribution < -0.4 is 5.32 Å². The Bertz CT molecular complexity index is 373. The van der Waals surface area contributed by atoms with Gasteiger partial charge in [-0.1, -0.05) is 11.6 Å². The molecule has 2 aliphatic rings. The Hall–Kier alpha value is -0.350. The molecule has 1 saturated heterocycles. The van der Waals surface area contributed by atoms with Crippen molar-refractivity contribution in [3.05, 3.63) is 11.6 Å². The maximum atomic E-state index is 11.5. The van der Waals surface area contributed by atoms with Crippen LogP contribution in [0, 0.1) is 0 Å². The summed E-state index contributed by atoms with van der Waals surface area (Å²) in [6.07, 6.45) is 10.4. The van der Waals surface area contributed by atoms with Gasteiger partial charge in [0.15, 0.2) is 9.84 Å². The Kier molecular flexibility index (Phi) is 4.62. The lowest BCUT2D eigenvalue weighted by atomic mass is 9.97. The average Bonchev–Trinajstić information content (AvgIpc) is 2.29. The molecule has 4 heteroatoms. The van der Waals surface area contributed by atoms with E-state index in [1.807, 2.05) is 0 Å². The maximum absolute atomic E-state index is 11.5. The van der Waals surface area contributed by atoms with E-state index >= 15 is 0 Å². The highest BCUT2D eigenvalue weighted by Gasteiger charge is 2.23. The summed E-state index contributed by atoms with van der Waals surface area (Å²) in [6.45, 7) is 0.937. The molecule has 2 rings (SSSR count). The molecule has 1 aliphatic heterocycles. The van der Waals surface area contributed by atoms with Gasteiger partial charge in [0.05, 0.1) is 11.5 Å². The topological polar surface area (TPSA) is 46.2 Å².